The number of sulfone groups is 2. The summed E-state index contributed by atoms with van der Waals surface area (Å²) in [4.78, 5) is 9.50. The van der Waals surface area contributed by atoms with Gasteiger partial charge in [-0.25, -0.2) is 31.5 Å². The third kappa shape index (κ3) is 16.9. The molecule has 6 rings (SSSR count). The Balaban J connectivity index is 1.32. The van der Waals surface area contributed by atoms with Crippen molar-refractivity contribution in [2.75, 3.05) is 46.5 Å². The fourth-order valence-corrected chi connectivity index (χ4v) is 10.3. The molecule has 40 heteroatoms. The number of benzene rings is 5. The van der Waals surface area contributed by atoms with Crippen LogP contribution in [0.5, 0.6) is 5.75 Å². The molecule has 1 aromatic heterocycles. The van der Waals surface area contributed by atoms with E-state index in [1.807, 2.05) is 0 Å². The zero-order chi connectivity index (χ0) is 55.5. The van der Waals surface area contributed by atoms with Gasteiger partial charge in [0.15, 0.2) is 37.7 Å². The summed E-state index contributed by atoms with van der Waals surface area (Å²) in [6.07, 6.45) is -1.35. The van der Waals surface area contributed by atoms with Gasteiger partial charge in [0.2, 0.25) is 11.9 Å². The van der Waals surface area contributed by atoms with Crippen molar-refractivity contribution in [1.82, 2.24) is 15.0 Å². The smallest absolute Gasteiger partial charge is 0.397 e. The monoisotopic (exact) mass is 1200 g/mol. The van der Waals surface area contributed by atoms with Crippen LogP contribution < -0.4 is 16.0 Å². The van der Waals surface area contributed by atoms with Gasteiger partial charge in [0.1, 0.15) is 27.8 Å². The average Bonchev–Trinajstić information content (AvgIpc) is 3.33. The fourth-order valence-electron chi connectivity index (χ4n) is 6.02. The predicted molar refractivity (Wildman–Crippen MR) is 260 cm³/mol. The maximum atomic E-state index is 14.7. The topological polar surface area (TPSA) is 472 Å². The van der Waals surface area contributed by atoms with Crippen molar-refractivity contribution in [2.45, 2.75) is 19.6 Å². The van der Waals surface area contributed by atoms with Gasteiger partial charge in [0.05, 0.1) is 62.8 Å². The van der Waals surface area contributed by atoms with Crippen LogP contribution in [0, 0.1) is 6.08 Å². The van der Waals surface area contributed by atoms with Crippen LogP contribution >= 0.6 is 24.4 Å². The van der Waals surface area contributed by atoms with E-state index >= 15 is 0 Å². The largest absolute Gasteiger partial charge is 0.505 e. The zero-order valence-corrected chi connectivity index (χ0v) is 42.9. The van der Waals surface area contributed by atoms with Crippen LogP contribution in [0.1, 0.15) is 0 Å². The number of hydrogen-bond acceptors (Lipinski definition) is 31. The van der Waals surface area contributed by atoms with E-state index in [0.717, 1.165) is 30.3 Å². The molecule has 0 saturated heterocycles. The number of fused-ring (bicyclic) bond motifs is 1. The summed E-state index contributed by atoms with van der Waals surface area (Å²) >= 11 is 0.366. The third-order valence-corrected chi connectivity index (χ3v) is 15.5. The minimum atomic E-state index is -5.10. The van der Waals surface area contributed by atoms with E-state index in [2.05, 4.69) is 74.3 Å². The van der Waals surface area contributed by atoms with Crippen molar-refractivity contribution in [1.29, 1.82) is 0 Å². The van der Waals surface area contributed by atoms with Crippen LogP contribution in [-0.2, 0) is 77.4 Å². The van der Waals surface area contributed by atoms with Crippen LogP contribution in [0.3, 0.4) is 0 Å². The molecule has 0 spiro atoms. The van der Waals surface area contributed by atoms with Gasteiger partial charge in [-0.3, -0.25) is 17.8 Å². The van der Waals surface area contributed by atoms with Crippen molar-refractivity contribution in [3.05, 3.63) is 91.0 Å². The second-order valence-electron chi connectivity index (χ2n) is 14.3. The highest BCUT2D eigenvalue weighted by atomic mass is 32.3. The number of phenolic OH excluding ortho intramolecular Hbond substituents is 1. The van der Waals surface area contributed by atoms with Gasteiger partial charge in [0.25, 0.3) is 20.2 Å². The molecule has 0 unspecified atom stereocenters. The lowest BCUT2D eigenvalue weighted by Crippen LogP contribution is -2.15. The van der Waals surface area contributed by atoms with E-state index in [4.69, 9.17) is 19.3 Å². The Morgan fingerprint density at radius 3 is 1.83 bits per heavy atom. The van der Waals surface area contributed by atoms with E-state index in [0.29, 0.717) is 0 Å². The van der Waals surface area contributed by atoms with Gasteiger partial charge in [-0.1, -0.05) is 10.1 Å². The van der Waals surface area contributed by atoms with Gasteiger partial charge in [-0.05, 0) is 84.9 Å². The summed E-state index contributed by atoms with van der Waals surface area (Å²) in [7, 11) is -22.7. The van der Waals surface area contributed by atoms with Crippen molar-refractivity contribution in [3.8, 4) is 5.75 Å². The van der Waals surface area contributed by atoms with Gasteiger partial charge in [-0.15, -0.1) is 24.0 Å². The number of nitrogens with one attached hydrogen (secondary N) is 3. The van der Waals surface area contributed by atoms with E-state index in [1.165, 1.54) is 54.6 Å². The van der Waals surface area contributed by atoms with Crippen molar-refractivity contribution >= 4 is 137 Å². The zero-order valence-electron chi connectivity index (χ0n) is 37.2. The molecule has 0 amide bonds. The highest BCUT2D eigenvalue weighted by Crippen LogP contribution is 2.48. The number of rotatable bonds is 27. The Bertz CT molecular complexity index is 3740. The van der Waals surface area contributed by atoms with Crippen LogP contribution in [0.25, 0.3) is 10.8 Å². The number of aromatic hydroxyl groups is 1. The molecule has 0 bridgehead atoms. The molecule has 0 radical (unpaired) electrons. The summed E-state index contributed by atoms with van der Waals surface area (Å²) in [5.74, 6) is -4.11. The van der Waals surface area contributed by atoms with Crippen LogP contribution in [-0.4, -0.2) is 117 Å². The molecule has 0 aliphatic rings. The number of halogens is 1. The average molecular weight is 1200 g/mol. The number of nitrogens with zero attached hydrogens (tertiary/aromatic N) is 7. The number of hydrogen-bond donors (Lipinski definition) is 9. The van der Waals surface area contributed by atoms with Crippen molar-refractivity contribution < 1.29 is 103 Å². The molecule has 408 valence electrons. The summed E-state index contributed by atoms with van der Waals surface area (Å²) in [6.45, 7) is -1.25. The second-order valence-corrected chi connectivity index (χ2v) is 23.7. The van der Waals surface area contributed by atoms with Gasteiger partial charge >= 0.3 is 16.5 Å². The number of azo groups is 2. The van der Waals surface area contributed by atoms with E-state index in [9.17, 15) is 60.7 Å². The summed E-state index contributed by atoms with van der Waals surface area (Å²) in [5, 5.41) is 59.5. The highest BCUT2D eigenvalue weighted by Gasteiger charge is 2.23. The van der Waals surface area contributed by atoms with Crippen LogP contribution in [0.15, 0.2) is 125 Å². The maximum Gasteiger partial charge on any atom is 0.397 e. The lowest BCUT2D eigenvalue weighted by Gasteiger charge is -2.14. The number of aromatic nitrogens is 3. The lowest BCUT2D eigenvalue weighted by atomic mass is 10.1. The minimum Gasteiger partial charge on any atom is -0.505 e. The number of phenols is 1. The molecule has 0 aliphatic carbocycles. The quantitative estimate of drug-likeness (QED) is 0.00664. The molecule has 5 aromatic carbocycles. The first-order valence-electron chi connectivity index (χ1n) is 19.9. The molecule has 6 aromatic rings. The van der Waals surface area contributed by atoms with Crippen molar-refractivity contribution in [2.24, 2.45) is 20.5 Å². The van der Waals surface area contributed by atoms with Gasteiger partial charge in [0, 0.05) is 22.1 Å². The van der Waals surface area contributed by atoms with Gasteiger partial charge < -0.3 is 21.1 Å². The summed E-state index contributed by atoms with van der Waals surface area (Å²) in [6, 6.07) is 16.0. The summed E-state index contributed by atoms with van der Waals surface area (Å²) in [5.41, 5.74) is -1.49. The highest BCUT2D eigenvalue weighted by molar-refractivity contribution is 7.94. The molecular weight excluding hydrogens is 1170 g/mol. The molecular formula is C36H33FN10O22S7. The Morgan fingerprint density at radius 2 is 1.22 bits per heavy atom. The first-order valence-corrected chi connectivity index (χ1v) is 29.0. The maximum absolute atomic E-state index is 14.7. The van der Waals surface area contributed by atoms with Gasteiger partial charge in [-0.2, -0.15) is 49.7 Å². The Hall–Kier alpha value is -6.29. The summed E-state index contributed by atoms with van der Waals surface area (Å²) < 4.78 is 181. The molecule has 9 N–H and O–H groups in total. The van der Waals surface area contributed by atoms with Crippen LogP contribution in [0.2, 0.25) is 0 Å². The van der Waals surface area contributed by atoms with E-state index in [1.54, 1.807) is 0 Å². The molecule has 0 fully saturated rings. The third-order valence-electron chi connectivity index (χ3n) is 9.22. The van der Waals surface area contributed by atoms with E-state index < -0.39 is 114 Å². The second kappa shape index (κ2) is 25.2. The fraction of sp³-hybridized carbons (Fsp3) is 0.139. The van der Waals surface area contributed by atoms with Crippen LogP contribution in [0.4, 0.5) is 56.1 Å². The Labute approximate surface area is 436 Å². The lowest BCUT2D eigenvalue weighted by molar-refractivity contribution is -0.434. The molecule has 76 heavy (non-hydrogen) atoms. The molecule has 0 saturated carbocycles. The first-order chi connectivity index (χ1) is 35.7. The Kier molecular flexibility index (Phi) is 19.6. The molecule has 0 aliphatic heterocycles. The standard InChI is InChI=1S/C36H33FN10O22S7/c37-34-41-35(39-20-1-6-23(7-2-20)73(53,54)16-14-65-76(61,62)63)43-36(42-34)40-22-5-12-30(75(58,59)60)28(17-22)45-47-32-29(70-68-66-49)18-26-25(33(32)48)10-11-27(38-19-74(55,56)57)31(26)46-44-21-3-8-24(9-4-21)72(51,52)15-13-64-71-69-67-50/h1-12,17-18,38,48-50H,13-16,19H2,(H,55,56,57)(H,58,59,60)(H,61,62,63)(H2,39,40,41,42,43)/b46-44+,47-45+. The SMILES string of the molecule is O=S(=O)(O)CNc1ccc2c(O)c(/N=N/c3cc(Nc4nc(F)nc(Nc5ccc(S(=O)(=O)CCOS(=O)(=O)O)cc5)n4)ccc3S(=O)(=O)O)c(SOOO)cc2c1/N=N/c1ccc(S(=O)(=O)CCOSOOO)cc1. The van der Waals surface area contributed by atoms with Crippen molar-refractivity contribution in [3.63, 3.8) is 0 Å². The Morgan fingerprint density at radius 1 is 0.632 bits per heavy atom. The molecule has 0 atom stereocenters. The first kappa shape index (κ1) is 59.0. The van der Waals surface area contributed by atoms with E-state index in [-0.39, 0.29) is 84.9 Å². The minimum absolute atomic E-state index is 0.0370. The molecule has 32 nitrogen and oxygen atoms in total. The normalized spacial score (nSPS) is 12.7. The number of anilines is 5. The predicted octanol–water partition coefficient (Wildman–Crippen LogP) is 6.49. The molecule has 1 heterocycles.